The van der Waals surface area contributed by atoms with Crippen LogP contribution in [0.2, 0.25) is 0 Å². The highest BCUT2D eigenvalue weighted by Crippen LogP contribution is 2.25. The lowest BCUT2D eigenvalue weighted by Crippen LogP contribution is -2.21. The van der Waals surface area contributed by atoms with Crippen LogP contribution in [0.4, 0.5) is 20.4 Å². The van der Waals surface area contributed by atoms with E-state index >= 15 is 0 Å². The van der Waals surface area contributed by atoms with Gasteiger partial charge in [-0.25, -0.2) is 13.8 Å². The summed E-state index contributed by atoms with van der Waals surface area (Å²) in [5.41, 5.74) is 0. The van der Waals surface area contributed by atoms with Crippen LogP contribution in [-0.4, -0.2) is 24.6 Å². The molecule has 2 heterocycles. The summed E-state index contributed by atoms with van der Waals surface area (Å²) in [6.07, 6.45) is 2.07. The number of hydrogen-bond acceptors (Lipinski definition) is 3. The van der Waals surface area contributed by atoms with E-state index in [1.54, 1.807) is 0 Å². The Morgan fingerprint density at radius 3 is 2.62 bits per heavy atom. The highest BCUT2D eigenvalue weighted by molar-refractivity contribution is 5.49. The number of halogens is 2. The Morgan fingerprint density at radius 2 is 2.00 bits per heavy atom. The molecule has 1 N–H and O–H groups in total. The molecule has 0 aromatic carbocycles. The number of aromatic nitrogens is 1. The molecule has 1 saturated heterocycles. The first-order valence-corrected chi connectivity index (χ1v) is 5.57. The van der Waals surface area contributed by atoms with Gasteiger partial charge in [0.25, 0.3) is 0 Å². The first-order chi connectivity index (χ1) is 7.72. The first kappa shape index (κ1) is 11.1. The van der Waals surface area contributed by atoms with E-state index in [9.17, 15) is 8.78 Å². The normalized spacial score (nSPS) is 15.6. The molecular formula is C11H15F2N3. The molecule has 1 aromatic heterocycles. The minimum absolute atomic E-state index is 0.130. The van der Waals surface area contributed by atoms with E-state index in [0.29, 0.717) is 6.54 Å². The molecule has 2 rings (SSSR count). The largest absolute Gasteiger partial charge is 0.368 e. The molecule has 1 aliphatic rings. The molecule has 1 fully saturated rings. The van der Waals surface area contributed by atoms with Gasteiger partial charge in [0.1, 0.15) is 0 Å². The lowest BCUT2D eigenvalue weighted by molar-refractivity contribution is 0.573. The van der Waals surface area contributed by atoms with Crippen molar-refractivity contribution in [2.24, 2.45) is 0 Å². The Kier molecular flexibility index (Phi) is 3.22. The van der Waals surface area contributed by atoms with Crippen molar-refractivity contribution in [2.75, 3.05) is 29.9 Å². The quantitative estimate of drug-likeness (QED) is 0.859. The van der Waals surface area contributed by atoms with Gasteiger partial charge in [-0.2, -0.15) is 0 Å². The van der Waals surface area contributed by atoms with E-state index < -0.39 is 11.6 Å². The van der Waals surface area contributed by atoms with Crippen molar-refractivity contribution in [3.05, 3.63) is 17.7 Å². The van der Waals surface area contributed by atoms with Gasteiger partial charge in [-0.1, -0.05) is 0 Å². The van der Waals surface area contributed by atoms with E-state index in [0.717, 1.165) is 32.0 Å². The van der Waals surface area contributed by atoms with Crippen LogP contribution in [0.15, 0.2) is 6.07 Å². The summed E-state index contributed by atoms with van der Waals surface area (Å²) in [7, 11) is 0. The molecule has 1 aliphatic heterocycles. The monoisotopic (exact) mass is 227 g/mol. The maximum atomic E-state index is 13.6. The number of nitrogens with one attached hydrogen (secondary N) is 1. The topological polar surface area (TPSA) is 28.2 Å². The maximum Gasteiger partial charge on any atom is 0.168 e. The van der Waals surface area contributed by atoms with Crippen LogP contribution < -0.4 is 10.2 Å². The van der Waals surface area contributed by atoms with Crippen LogP contribution in [0.25, 0.3) is 0 Å². The fourth-order valence-corrected chi connectivity index (χ4v) is 1.90. The van der Waals surface area contributed by atoms with E-state index in [1.165, 1.54) is 0 Å². The predicted molar refractivity (Wildman–Crippen MR) is 59.8 cm³/mol. The van der Waals surface area contributed by atoms with Gasteiger partial charge in [0.15, 0.2) is 23.3 Å². The minimum Gasteiger partial charge on any atom is -0.368 e. The molecule has 0 unspecified atom stereocenters. The summed E-state index contributed by atoms with van der Waals surface area (Å²) in [6.45, 7) is 4.00. The molecule has 0 radical (unpaired) electrons. The minimum atomic E-state index is -0.637. The van der Waals surface area contributed by atoms with Gasteiger partial charge in [-0.15, -0.1) is 0 Å². The Hall–Kier alpha value is -1.39. The fraction of sp³-hybridized carbons (Fsp3) is 0.545. The average molecular weight is 227 g/mol. The summed E-state index contributed by atoms with van der Waals surface area (Å²) in [5.74, 6) is -0.830. The van der Waals surface area contributed by atoms with E-state index in [2.05, 4.69) is 10.3 Å². The van der Waals surface area contributed by atoms with Crippen molar-refractivity contribution in [1.82, 2.24) is 4.98 Å². The predicted octanol–water partition coefficient (Wildman–Crippen LogP) is 2.39. The lowest BCUT2D eigenvalue weighted by atomic mass is 10.3. The van der Waals surface area contributed by atoms with E-state index in [-0.39, 0.29) is 11.6 Å². The number of pyridine rings is 1. The van der Waals surface area contributed by atoms with Gasteiger partial charge in [0.2, 0.25) is 0 Å². The zero-order valence-corrected chi connectivity index (χ0v) is 9.26. The second-order valence-corrected chi connectivity index (χ2v) is 3.85. The third-order valence-corrected chi connectivity index (χ3v) is 2.66. The van der Waals surface area contributed by atoms with Crippen molar-refractivity contribution in [3.8, 4) is 0 Å². The number of hydrogen-bond donors (Lipinski definition) is 1. The zero-order valence-electron chi connectivity index (χ0n) is 9.26. The molecule has 0 amide bonds. The van der Waals surface area contributed by atoms with Crippen molar-refractivity contribution in [2.45, 2.75) is 19.8 Å². The first-order valence-electron chi connectivity index (χ1n) is 5.57. The molecule has 5 heteroatoms. The molecule has 0 spiro atoms. The third-order valence-electron chi connectivity index (χ3n) is 2.66. The van der Waals surface area contributed by atoms with Gasteiger partial charge >= 0.3 is 0 Å². The molecule has 0 bridgehead atoms. The summed E-state index contributed by atoms with van der Waals surface area (Å²) in [4.78, 5) is 5.87. The fourth-order valence-electron chi connectivity index (χ4n) is 1.90. The Labute approximate surface area is 93.5 Å². The zero-order chi connectivity index (χ0) is 11.5. The van der Waals surface area contributed by atoms with Crippen molar-refractivity contribution in [1.29, 1.82) is 0 Å². The van der Waals surface area contributed by atoms with Crippen LogP contribution in [0, 0.1) is 11.6 Å². The van der Waals surface area contributed by atoms with E-state index in [1.807, 2.05) is 11.8 Å². The van der Waals surface area contributed by atoms with Gasteiger partial charge in [0, 0.05) is 25.7 Å². The summed E-state index contributed by atoms with van der Waals surface area (Å²) >= 11 is 0. The molecule has 0 saturated carbocycles. The van der Waals surface area contributed by atoms with Crippen LogP contribution in [0.5, 0.6) is 0 Å². The summed E-state index contributed by atoms with van der Waals surface area (Å²) in [6, 6.07) is 0.901. The third kappa shape index (κ3) is 2.08. The SMILES string of the molecule is CCNc1nc(N2CCCC2)c(F)cc1F. The number of nitrogens with zero attached hydrogens (tertiary/aromatic N) is 2. The molecule has 88 valence electrons. The van der Waals surface area contributed by atoms with Gasteiger partial charge in [-0.05, 0) is 19.8 Å². The lowest BCUT2D eigenvalue weighted by Gasteiger charge is -2.18. The van der Waals surface area contributed by atoms with Crippen LogP contribution in [-0.2, 0) is 0 Å². The number of rotatable bonds is 3. The van der Waals surface area contributed by atoms with Gasteiger partial charge in [-0.3, -0.25) is 0 Å². The maximum absolute atomic E-state index is 13.6. The highest BCUT2D eigenvalue weighted by atomic mass is 19.1. The molecule has 3 nitrogen and oxygen atoms in total. The van der Waals surface area contributed by atoms with Crippen LogP contribution in [0.1, 0.15) is 19.8 Å². The summed E-state index contributed by atoms with van der Waals surface area (Å²) in [5, 5.41) is 2.79. The second kappa shape index (κ2) is 4.63. The van der Waals surface area contributed by atoms with Crippen molar-refractivity contribution >= 4 is 11.6 Å². The molecule has 1 aromatic rings. The Balaban J connectivity index is 2.32. The molecule has 0 aliphatic carbocycles. The molecule has 0 atom stereocenters. The van der Waals surface area contributed by atoms with Crippen LogP contribution in [0.3, 0.4) is 0 Å². The smallest absolute Gasteiger partial charge is 0.168 e. The Bertz CT molecular complexity index is 376. The standard InChI is InChI=1S/C11H15F2N3/c1-2-14-10-8(12)7-9(13)11(15-10)16-5-3-4-6-16/h7H,2-6H2,1H3,(H,14,15). The van der Waals surface area contributed by atoms with Gasteiger partial charge in [0.05, 0.1) is 0 Å². The van der Waals surface area contributed by atoms with E-state index in [4.69, 9.17) is 0 Å². The highest BCUT2D eigenvalue weighted by Gasteiger charge is 2.20. The second-order valence-electron chi connectivity index (χ2n) is 3.85. The van der Waals surface area contributed by atoms with Crippen LogP contribution >= 0.6 is 0 Å². The summed E-state index contributed by atoms with van der Waals surface area (Å²) < 4.78 is 26.9. The molecule has 16 heavy (non-hydrogen) atoms. The van der Waals surface area contributed by atoms with Gasteiger partial charge < -0.3 is 10.2 Å². The van der Waals surface area contributed by atoms with Crippen molar-refractivity contribution < 1.29 is 8.78 Å². The Morgan fingerprint density at radius 1 is 1.31 bits per heavy atom. The average Bonchev–Trinajstić information content (AvgIpc) is 2.75. The van der Waals surface area contributed by atoms with Crippen molar-refractivity contribution in [3.63, 3.8) is 0 Å². The number of anilines is 2. The molecular weight excluding hydrogens is 212 g/mol.